The topological polar surface area (TPSA) is 17.0 Å². The number of aromatic nitrogens is 1. The fourth-order valence-electron chi connectivity index (χ4n) is 3.31. The SMILES string of the molecule is Cc1cc(CNC2CCCc3ccccc32)c(C)n1C. The van der Waals surface area contributed by atoms with Crippen molar-refractivity contribution in [3.05, 3.63) is 58.4 Å². The monoisotopic (exact) mass is 268 g/mol. The molecule has 1 aromatic heterocycles. The molecular weight excluding hydrogens is 244 g/mol. The van der Waals surface area contributed by atoms with Crippen LogP contribution in [0.1, 0.15) is 47.0 Å². The first-order valence-electron chi connectivity index (χ1n) is 7.60. The highest BCUT2D eigenvalue weighted by Crippen LogP contribution is 2.29. The number of nitrogens with one attached hydrogen (secondary N) is 1. The molecule has 0 fully saturated rings. The van der Waals surface area contributed by atoms with Crippen molar-refractivity contribution in [2.75, 3.05) is 0 Å². The highest BCUT2D eigenvalue weighted by atomic mass is 15.0. The molecule has 1 unspecified atom stereocenters. The van der Waals surface area contributed by atoms with Crippen molar-refractivity contribution in [3.8, 4) is 0 Å². The van der Waals surface area contributed by atoms with Crippen LogP contribution in [0.5, 0.6) is 0 Å². The maximum atomic E-state index is 3.76. The number of nitrogens with zero attached hydrogens (tertiary/aromatic N) is 1. The average molecular weight is 268 g/mol. The molecule has 1 aliphatic rings. The number of rotatable bonds is 3. The van der Waals surface area contributed by atoms with Gasteiger partial charge in [-0.3, -0.25) is 0 Å². The van der Waals surface area contributed by atoms with Gasteiger partial charge in [-0.2, -0.15) is 0 Å². The average Bonchev–Trinajstić information content (AvgIpc) is 2.72. The van der Waals surface area contributed by atoms with E-state index in [1.807, 2.05) is 0 Å². The molecule has 0 radical (unpaired) electrons. The van der Waals surface area contributed by atoms with Crippen LogP contribution in [0.15, 0.2) is 30.3 Å². The van der Waals surface area contributed by atoms with Gasteiger partial charge in [0.25, 0.3) is 0 Å². The lowest BCUT2D eigenvalue weighted by molar-refractivity contribution is 0.458. The van der Waals surface area contributed by atoms with Crippen molar-refractivity contribution in [2.24, 2.45) is 7.05 Å². The molecule has 1 aliphatic carbocycles. The summed E-state index contributed by atoms with van der Waals surface area (Å²) in [6.45, 7) is 5.34. The van der Waals surface area contributed by atoms with Crippen LogP contribution in [0.25, 0.3) is 0 Å². The molecule has 20 heavy (non-hydrogen) atoms. The van der Waals surface area contributed by atoms with Crippen molar-refractivity contribution >= 4 is 0 Å². The Morgan fingerprint density at radius 1 is 1.25 bits per heavy atom. The van der Waals surface area contributed by atoms with E-state index in [4.69, 9.17) is 0 Å². The molecule has 0 amide bonds. The molecule has 2 nitrogen and oxygen atoms in total. The Morgan fingerprint density at radius 3 is 2.80 bits per heavy atom. The van der Waals surface area contributed by atoms with Crippen LogP contribution in [0.4, 0.5) is 0 Å². The third-order valence-corrected chi connectivity index (χ3v) is 4.79. The zero-order valence-electron chi connectivity index (χ0n) is 12.7. The maximum Gasteiger partial charge on any atom is 0.0326 e. The summed E-state index contributed by atoms with van der Waals surface area (Å²) in [4.78, 5) is 0. The smallest absolute Gasteiger partial charge is 0.0326 e. The van der Waals surface area contributed by atoms with E-state index >= 15 is 0 Å². The van der Waals surface area contributed by atoms with Gasteiger partial charge in [0.2, 0.25) is 0 Å². The molecule has 0 spiro atoms. The molecule has 1 atom stereocenters. The van der Waals surface area contributed by atoms with Crippen LogP contribution in [0.2, 0.25) is 0 Å². The number of hydrogen-bond donors (Lipinski definition) is 1. The summed E-state index contributed by atoms with van der Waals surface area (Å²) in [6.07, 6.45) is 3.78. The Hall–Kier alpha value is -1.54. The molecule has 1 heterocycles. The first-order chi connectivity index (χ1) is 9.66. The van der Waals surface area contributed by atoms with Crippen molar-refractivity contribution in [1.82, 2.24) is 9.88 Å². The van der Waals surface area contributed by atoms with Gasteiger partial charge in [0.05, 0.1) is 0 Å². The van der Waals surface area contributed by atoms with Crippen LogP contribution in [0, 0.1) is 13.8 Å². The molecule has 1 N–H and O–H groups in total. The predicted molar refractivity (Wildman–Crippen MR) is 83.8 cm³/mol. The molecule has 0 saturated carbocycles. The summed E-state index contributed by atoms with van der Waals surface area (Å²) in [6, 6.07) is 11.7. The molecule has 2 aromatic rings. The summed E-state index contributed by atoms with van der Waals surface area (Å²) in [7, 11) is 2.14. The van der Waals surface area contributed by atoms with Crippen LogP contribution < -0.4 is 5.32 Å². The standard InChI is InChI=1S/C18H24N2/c1-13-11-16(14(2)20(13)3)12-19-18-10-6-8-15-7-4-5-9-17(15)18/h4-5,7,9,11,18-19H,6,8,10,12H2,1-3H3. The van der Waals surface area contributed by atoms with E-state index < -0.39 is 0 Å². The van der Waals surface area contributed by atoms with E-state index in [0.29, 0.717) is 6.04 Å². The molecule has 2 heteroatoms. The van der Waals surface area contributed by atoms with Crippen LogP contribution in [-0.2, 0) is 20.0 Å². The van der Waals surface area contributed by atoms with E-state index in [0.717, 1.165) is 6.54 Å². The second-order valence-electron chi connectivity index (χ2n) is 5.98. The minimum absolute atomic E-state index is 0.514. The number of fused-ring (bicyclic) bond motifs is 1. The fourth-order valence-corrected chi connectivity index (χ4v) is 3.31. The highest BCUT2D eigenvalue weighted by molar-refractivity contribution is 5.32. The lowest BCUT2D eigenvalue weighted by Gasteiger charge is -2.26. The van der Waals surface area contributed by atoms with E-state index in [9.17, 15) is 0 Å². The third kappa shape index (κ3) is 2.40. The summed E-state index contributed by atoms with van der Waals surface area (Å²) in [5.41, 5.74) is 7.16. The van der Waals surface area contributed by atoms with Crippen molar-refractivity contribution in [1.29, 1.82) is 0 Å². The van der Waals surface area contributed by atoms with Crippen molar-refractivity contribution in [2.45, 2.75) is 45.7 Å². The quantitative estimate of drug-likeness (QED) is 0.895. The predicted octanol–water partition coefficient (Wildman–Crippen LogP) is 3.81. The van der Waals surface area contributed by atoms with Gasteiger partial charge in [-0.25, -0.2) is 0 Å². The summed E-state index contributed by atoms with van der Waals surface area (Å²) in [5, 5.41) is 3.76. The molecule has 1 aromatic carbocycles. The summed E-state index contributed by atoms with van der Waals surface area (Å²) >= 11 is 0. The lowest BCUT2D eigenvalue weighted by Crippen LogP contribution is -2.25. The number of hydrogen-bond acceptors (Lipinski definition) is 1. The van der Waals surface area contributed by atoms with E-state index in [1.165, 1.54) is 47.3 Å². The Morgan fingerprint density at radius 2 is 2.05 bits per heavy atom. The minimum Gasteiger partial charge on any atom is -0.352 e. The molecule has 0 aliphatic heterocycles. The van der Waals surface area contributed by atoms with E-state index in [2.05, 4.69) is 61.1 Å². The van der Waals surface area contributed by atoms with Gasteiger partial charge < -0.3 is 9.88 Å². The molecule has 106 valence electrons. The normalized spacial score (nSPS) is 18.1. The second kappa shape index (κ2) is 5.45. The zero-order valence-corrected chi connectivity index (χ0v) is 12.7. The van der Waals surface area contributed by atoms with Gasteiger partial charge in [0, 0.05) is 31.0 Å². The summed E-state index contributed by atoms with van der Waals surface area (Å²) < 4.78 is 2.27. The molecule has 0 saturated heterocycles. The van der Waals surface area contributed by atoms with Gasteiger partial charge >= 0.3 is 0 Å². The Labute approximate surface area is 121 Å². The largest absolute Gasteiger partial charge is 0.352 e. The van der Waals surface area contributed by atoms with Crippen LogP contribution >= 0.6 is 0 Å². The van der Waals surface area contributed by atoms with Crippen molar-refractivity contribution in [3.63, 3.8) is 0 Å². The van der Waals surface area contributed by atoms with Crippen LogP contribution in [-0.4, -0.2) is 4.57 Å². The van der Waals surface area contributed by atoms with Gasteiger partial charge in [-0.1, -0.05) is 24.3 Å². The van der Waals surface area contributed by atoms with Gasteiger partial charge in [0.1, 0.15) is 0 Å². The van der Waals surface area contributed by atoms with Gasteiger partial charge in [-0.15, -0.1) is 0 Å². The fraction of sp³-hybridized carbons (Fsp3) is 0.444. The first kappa shape index (κ1) is 13.4. The van der Waals surface area contributed by atoms with E-state index in [-0.39, 0.29) is 0 Å². The number of aryl methyl sites for hydroxylation is 2. The highest BCUT2D eigenvalue weighted by Gasteiger charge is 2.19. The van der Waals surface area contributed by atoms with Gasteiger partial charge in [-0.05, 0) is 55.9 Å². The second-order valence-corrected chi connectivity index (χ2v) is 5.98. The lowest BCUT2D eigenvalue weighted by atomic mass is 9.87. The van der Waals surface area contributed by atoms with Gasteiger partial charge in [0.15, 0.2) is 0 Å². The third-order valence-electron chi connectivity index (χ3n) is 4.79. The number of benzene rings is 1. The Kier molecular flexibility index (Phi) is 3.66. The summed E-state index contributed by atoms with van der Waals surface area (Å²) in [5.74, 6) is 0. The molecule has 0 bridgehead atoms. The first-order valence-corrected chi connectivity index (χ1v) is 7.60. The molecule has 3 rings (SSSR count). The van der Waals surface area contributed by atoms with E-state index in [1.54, 1.807) is 0 Å². The Balaban J connectivity index is 1.75. The Bertz CT molecular complexity index is 610. The zero-order chi connectivity index (χ0) is 14.1. The maximum absolute atomic E-state index is 3.76. The minimum atomic E-state index is 0.514. The molecular formula is C18H24N2. The van der Waals surface area contributed by atoms with Crippen molar-refractivity contribution < 1.29 is 0 Å². The van der Waals surface area contributed by atoms with Crippen LogP contribution in [0.3, 0.4) is 0 Å².